The summed E-state index contributed by atoms with van der Waals surface area (Å²) >= 11 is 0. The number of nitrogens with one attached hydrogen (secondary N) is 1. The summed E-state index contributed by atoms with van der Waals surface area (Å²) in [6.07, 6.45) is 1.52. The summed E-state index contributed by atoms with van der Waals surface area (Å²) in [7, 11) is 0. The molecule has 0 aromatic carbocycles. The molecule has 17 heavy (non-hydrogen) atoms. The third kappa shape index (κ3) is 10.1. The lowest BCUT2D eigenvalue weighted by molar-refractivity contribution is 0.0524. The number of carbonyl (C=O) groups excluding carboxylic acids is 1. The van der Waals surface area contributed by atoms with Crippen LogP contribution in [0.4, 0.5) is 4.79 Å². The molecule has 102 valence electrons. The van der Waals surface area contributed by atoms with Crippen LogP contribution in [0.15, 0.2) is 0 Å². The Labute approximate surface area is 105 Å². The van der Waals surface area contributed by atoms with E-state index in [9.17, 15) is 4.79 Å². The van der Waals surface area contributed by atoms with Crippen molar-refractivity contribution in [2.24, 2.45) is 11.8 Å². The van der Waals surface area contributed by atoms with E-state index in [2.05, 4.69) is 12.2 Å². The summed E-state index contributed by atoms with van der Waals surface area (Å²) in [5.74, 6) is 0.818. The van der Waals surface area contributed by atoms with Crippen molar-refractivity contribution >= 4 is 6.09 Å². The average Bonchev–Trinajstić information content (AvgIpc) is 2.14. The topological polar surface area (TPSA) is 58.6 Å². The van der Waals surface area contributed by atoms with E-state index in [4.69, 9.17) is 9.84 Å². The van der Waals surface area contributed by atoms with Crippen LogP contribution in [0, 0.1) is 11.8 Å². The summed E-state index contributed by atoms with van der Waals surface area (Å²) in [5.41, 5.74) is -0.443. The molecule has 2 N–H and O–H groups in total. The maximum Gasteiger partial charge on any atom is 0.407 e. The Balaban J connectivity index is 3.66. The molecule has 1 amide bonds. The normalized spacial score (nSPS) is 15.2. The van der Waals surface area contributed by atoms with Crippen LogP contribution in [-0.4, -0.2) is 30.0 Å². The molecule has 0 saturated heterocycles. The summed E-state index contributed by atoms with van der Waals surface area (Å²) in [6.45, 7) is 10.5. The highest BCUT2D eigenvalue weighted by molar-refractivity contribution is 5.67. The zero-order valence-corrected chi connectivity index (χ0v) is 11.7. The van der Waals surface area contributed by atoms with Crippen LogP contribution in [0.1, 0.15) is 47.5 Å². The largest absolute Gasteiger partial charge is 0.444 e. The first-order valence-corrected chi connectivity index (χ1v) is 6.32. The molecule has 0 spiro atoms. The molecule has 0 saturated carbocycles. The number of amides is 1. The zero-order chi connectivity index (χ0) is 13.5. The number of rotatable bonds is 6. The molecule has 0 aliphatic carbocycles. The zero-order valence-electron chi connectivity index (χ0n) is 11.7. The molecule has 4 heteroatoms. The van der Waals surface area contributed by atoms with Crippen molar-refractivity contribution in [3.05, 3.63) is 0 Å². The van der Waals surface area contributed by atoms with Crippen molar-refractivity contribution < 1.29 is 14.6 Å². The Morgan fingerprint density at radius 2 is 1.88 bits per heavy atom. The number of carbonyl (C=O) groups is 1. The lowest BCUT2D eigenvalue weighted by Crippen LogP contribution is -2.33. The van der Waals surface area contributed by atoms with Gasteiger partial charge >= 0.3 is 6.09 Å². The van der Waals surface area contributed by atoms with Gasteiger partial charge in [0.15, 0.2) is 0 Å². The first-order chi connectivity index (χ1) is 7.74. The molecule has 0 aliphatic heterocycles. The minimum absolute atomic E-state index is 0.226. The monoisotopic (exact) mass is 245 g/mol. The number of hydrogen-bond acceptors (Lipinski definition) is 3. The van der Waals surface area contributed by atoms with Crippen LogP contribution in [0.3, 0.4) is 0 Å². The van der Waals surface area contributed by atoms with Crippen LogP contribution in [0.5, 0.6) is 0 Å². The van der Waals surface area contributed by atoms with Crippen molar-refractivity contribution in [1.29, 1.82) is 0 Å². The molecule has 0 aliphatic rings. The first-order valence-electron chi connectivity index (χ1n) is 6.32. The molecule has 0 aromatic heterocycles. The molecule has 2 unspecified atom stereocenters. The van der Waals surface area contributed by atoms with Crippen LogP contribution in [-0.2, 0) is 4.74 Å². The molecule has 0 heterocycles. The molecular weight excluding hydrogens is 218 g/mol. The highest BCUT2D eigenvalue weighted by atomic mass is 16.6. The van der Waals surface area contributed by atoms with E-state index in [0.29, 0.717) is 18.4 Å². The molecule has 4 nitrogen and oxygen atoms in total. The highest BCUT2D eigenvalue weighted by Gasteiger charge is 2.16. The van der Waals surface area contributed by atoms with Gasteiger partial charge in [-0.25, -0.2) is 4.79 Å². The van der Waals surface area contributed by atoms with Crippen LogP contribution in [0.25, 0.3) is 0 Å². The Morgan fingerprint density at radius 1 is 1.29 bits per heavy atom. The van der Waals surface area contributed by atoms with Crippen molar-refractivity contribution in [2.75, 3.05) is 13.2 Å². The summed E-state index contributed by atoms with van der Waals surface area (Å²) in [4.78, 5) is 11.3. The Kier molecular flexibility index (Phi) is 7.19. The predicted molar refractivity (Wildman–Crippen MR) is 68.9 cm³/mol. The number of aliphatic hydroxyl groups excluding tert-OH is 1. The minimum Gasteiger partial charge on any atom is -0.444 e. The fourth-order valence-electron chi connectivity index (χ4n) is 1.61. The first kappa shape index (κ1) is 16.2. The van der Waals surface area contributed by atoms with Crippen LogP contribution >= 0.6 is 0 Å². The molecule has 0 radical (unpaired) electrons. The van der Waals surface area contributed by atoms with E-state index in [1.807, 2.05) is 27.7 Å². The molecule has 2 atom stereocenters. The van der Waals surface area contributed by atoms with Crippen molar-refractivity contribution in [3.8, 4) is 0 Å². The van der Waals surface area contributed by atoms with Gasteiger partial charge in [-0.05, 0) is 45.4 Å². The quantitative estimate of drug-likeness (QED) is 0.756. The standard InChI is InChI=1S/C13H27NO3/c1-10(8-11(2)9-15)6-7-14-12(16)17-13(3,4)5/h10-11,15H,6-9H2,1-5H3,(H,14,16). The van der Waals surface area contributed by atoms with Gasteiger partial charge in [0.05, 0.1) is 0 Å². The number of alkyl carbamates (subject to hydrolysis) is 1. The third-order valence-corrected chi connectivity index (χ3v) is 2.42. The lowest BCUT2D eigenvalue weighted by atomic mass is 9.95. The van der Waals surface area contributed by atoms with Gasteiger partial charge < -0.3 is 15.2 Å². The van der Waals surface area contributed by atoms with E-state index in [1.54, 1.807) is 0 Å². The maximum atomic E-state index is 11.3. The number of ether oxygens (including phenoxy) is 1. The van der Waals surface area contributed by atoms with Gasteiger partial charge in [0.1, 0.15) is 5.60 Å². The third-order valence-electron chi connectivity index (χ3n) is 2.42. The maximum absolute atomic E-state index is 11.3. The van der Waals surface area contributed by atoms with Gasteiger partial charge in [-0.1, -0.05) is 13.8 Å². The summed E-state index contributed by atoms with van der Waals surface area (Å²) in [5, 5.41) is 11.7. The fraction of sp³-hybridized carbons (Fsp3) is 0.923. The second-order valence-corrected chi connectivity index (χ2v) is 5.85. The molecule has 0 aromatic rings. The second-order valence-electron chi connectivity index (χ2n) is 5.85. The Hall–Kier alpha value is -0.770. The van der Waals surface area contributed by atoms with Gasteiger partial charge in [-0.3, -0.25) is 0 Å². The van der Waals surface area contributed by atoms with Crippen LogP contribution < -0.4 is 5.32 Å². The van der Waals surface area contributed by atoms with Gasteiger partial charge in [0.25, 0.3) is 0 Å². The smallest absolute Gasteiger partial charge is 0.407 e. The van der Waals surface area contributed by atoms with Gasteiger partial charge in [-0.2, -0.15) is 0 Å². The molecule has 0 bridgehead atoms. The van der Waals surface area contributed by atoms with E-state index in [-0.39, 0.29) is 12.7 Å². The fourth-order valence-corrected chi connectivity index (χ4v) is 1.61. The average molecular weight is 245 g/mol. The molecular formula is C13H27NO3. The van der Waals surface area contributed by atoms with Gasteiger partial charge in [0.2, 0.25) is 0 Å². The van der Waals surface area contributed by atoms with Crippen molar-refractivity contribution in [2.45, 2.75) is 53.1 Å². The number of aliphatic hydroxyl groups is 1. The minimum atomic E-state index is -0.443. The number of hydrogen-bond donors (Lipinski definition) is 2. The Morgan fingerprint density at radius 3 is 2.35 bits per heavy atom. The van der Waals surface area contributed by atoms with Gasteiger partial charge in [-0.15, -0.1) is 0 Å². The van der Waals surface area contributed by atoms with E-state index >= 15 is 0 Å². The lowest BCUT2D eigenvalue weighted by Gasteiger charge is -2.20. The summed E-state index contributed by atoms with van der Waals surface area (Å²) in [6, 6.07) is 0. The summed E-state index contributed by atoms with van der Waals surface area (Å²) < 4.78 is 5.13. The molecule has 0 fully saturated rings. The highest BCUT2D eigenvalue weighted by Crippen LogP contribution is 2.14. The van der Waals surface area contributed by atoms with Crippen molar-refractivity contribution in [1.82, 2.24) is 5.32 Å². The van der Waals surface area contributed by atoms with E-state index < -0.39 is 5.60 Å². The van der Waals surface area contributed by atoms with Crippen LogP contribution in [0.2, 0.25) is 0 Å². The predicted octanol–water partition coefficient (Wildman–Crippen LogP) is 2.56. The second kappa shape index (κ2) is 7.54. The van der Waals surface area contributed by atoms with Gasteiger partial charge in [0, 0.05) is 13.2 Å². The van der Waals surface area contributed by atoms with E-state index in [0.717, 1.165) is 12.8 Å². The van der Waals surface area contributed by atoms with E-state index in [1.165, 1.54) is 0 Å². The Bertz CT molecular complexity index is 223. The molecule has 0 rings (SSSR count). The SMILES string of the molecule is CC(CO)CC(C)CCNC(=O)OC(C)(C)C. The van der Waals surface area contributed by atoms with Crippen molar-refractivity contribution in [3.63, 3.8) is 0 Å².